The van der Waals surface area contributed by atoms with Gasteiger partial charge in [0.2, 0.25) is 0 Å². The molecule has 100 valence electrons. The summed E-state index contributed by atoms with van der Waals surface area (Å²) >= 11 is 0. The van der Waals surface area contributed by atoms with E-state index in [-0.39, 0.29) is 0 Å². The fourth-order valence-electron chi connectivity index (χ4n) is 1.97. The quantitative estimate of drug-likeness (QED) is 0.885. The van der Waals surface area contributed by atoms with Gasteiger partial charge in [-0.1, -0.05) is 38.1 Å². The number of aromatic nitrogens is 2. The van der Waals surface area contributed by atoms with E-state index >= 15 is 0 Å². The molecule has 0 unspecified atom stereocenters. The van der Waals surface area contributed by atoms with Crippen molar-refractivity contribution in [2.75, 3.05) is 11.9 Å². The SMILES string of the molecule is CCNc1cc(CC)nc(-c2ccc(CC)cc2)n1. The highest BCUT2D eigenvalue weighted by Gasteiger charge is 2.05. The van der Waals surface area contributed by atoms with Crippen molar-refractivity contribution in [3.05, 3.63) is 41.6 Å². The number of aryl methyl sites for hydroxylation is 2. The van der Waals surface area contributed by atoms with E-state index in [9.17, 15) is 0 Å². The maximum atomic E-state index is 4.61. The molecular weight excluding hydrogens is 234 g/mol. The van der Waals surface area contributed by atoms with Crippen LogP contribution in [-0.2, 0) is 12.8 Å². The lowest BCUT2D eigenvalue weighted by molar-refractivity contribution is 0.998. The van der Waals surface area contributed by atoms with Crippen LogP contribution < -0.4 is 5.32 Å². The number of nitrogens with one attached hydrogen (secondary N) is 1. The Morgan fingerprint density at radius 1 is 0.947 bits per heavy atom. The average molecular weight is 255 g/mol. The highest BCUT2D eigenvalue weighted by Crippen LogP contribution is 2.19. The van der Waals surface area contributed by atoms with Crippen LogP contribution in [0.3, 0.4) is 0 Å². The topological polar surface area (TPSA) is 37.8 Å². The summed E-state index contributed by atoms with van der Waals surface area (Å²) in [6.07, 6.45) is 1.97. The fraction of sp³-hybridized carbons (Fsp3) is 0.375. The van der Waals surface area contributed by atoms with Crippen molar-refractivity contribution in [3.8, 4) is 11.4 Å². The number of hydrogen-bond acceptors (Lipinski definition) is 3. The average Bonchev–Trinajstić information content (AvgIpc) is 2.47. The second kappa shape index (κ2) is 6.32. The van der Waals surface area contributed by atoms with Crippen LogP contribution in [0.4, 0.5) is 5.82 Å². The first-order valence-corrected chi connectivity index (χ1v) is 6.98. The lowest BCUT2D eigenvalue weighted by atomic mass is 10.1. The van der Waals surface area contributed by atoms with Crippen LogP contribution in [0.5, 0.6) is 0 Å². The molecule has 0 amide bonds. The summed E-state index contributed by atoms with van der Waals surface area (Å²) < 4.78 is 0. The lowest BCUT2D eigenvalue weighted by Gasteiger charge is -2.08. The summed E-state index contributed by atoms with van der Waals surface area (Å²) in [6, 6.07) is 10.5. The summed E-state index contributed by atoms with van der Waals surface area (Å²) in [6.45, 7) is 7.21. The van der Waals surface area contributed by atoms with Crippen molar-refractivity contribution in [2.45, 2.75) is 33.6 Å². The minimum absolute atomic E-state index is 0.804. The Morgan fingerprint density at radius 3 is 2.26 bits per heavy atom. The molecule has 0 aliphatic carbocycles. The van der Waals surface area contributed by atoms with Crippen LogP contribution in [0.25, 0.3) is 11.4 Å². The van der Waals surface area contributed by atoms with Gasteiger partial charge in [0.15, 0.2) is 5.82 Å². The third kappa shape index (κ3) is 3.31. The first kappa shape index (κ1) is 13.5. The number of hydrogen-bond donors (Lipinski definition) is 1. The molecule has 0 saturated heterocycles. The first-order valence-electron chi connectivity index (χ1n) is 6.98. The van der Waals surface area contributed by atoms with E-state index in [1.54, 1.807) is 0 Å². The van der Waals surface area contributed by atoms with Gasteiger partial charge in [-0.05, 0) is 25.3 Å². The minimum atomic E-state index is 0.804. The van der Waals surface area contributed by atoms with E-state index < -0.39 is 0 Å². The summed E-state index contributed by atoms with van der Waals surface area (Å²) in [7, 11) is 0. The molecule has 3 heteroatoms. The van der Waals surface area contributed by atoms with Crippen molar-refractivity contribution < 1.29 is 0 Å². The second-order valence-corrected chi connectivity index (χ2v) is 4.50. The first-order chi connectivity index (χ1) is 9.26. The molecule has 2 rings (SSSR count). The van der Waals surface area contributed by atoms with Gasteiger partial charge in [0.1, 0.15) is 5.82 Å². The molecule has 1 N–H and O–H groups in total. The number of benzene rings is 1. The van der Waals surface area contributed by atoms with Crippen LogP contribution in [0.1, 0.15) is 32.0 Å². The zero-order chi connectivity index (χ0) is 13.7. The fourth-order valence-corrected chi connectivity index (χ4v) is 1.97. The Balaban J connectivity index is 2.38. The van der Waals surface area contributed by atoms with Gasteiger partial charge >= 0.3 is 0 Å². The number of rotatable bonds is 5. The molecule has 0 atom stereocenters. The van der Waals surface area contributed by atoms with Crippen molar-refractivity contribution in [3.63, 3.8) is 0 Å². The Hall–Kier alpha value is -1.90. The van der Waals surface area contributed by atoms with E-state index in [1.165, 1.54) is 5.56 Å². The van der Waals surface area contributed by atoms with Crippen LogP contribution in [0, 0.1) is 0 Å². The van der Waals surface area contributed by atoms with Crippen LogP contribution in [-0.4, -0.2) is 16.5 Å². The van der Waals surface area contributed by atoms with E-state index in [1.807, 2.05) is 6.07 Å². The Morgan fingerprint density at radius 2 is 1.68 bits per heavy atom. The van der Waals surface area contributed by atoms with Gasteiger partial charge in [-0.2, -0.15) is 0 Å². The molecule has 0 aliphatic heterocycles. The van der Waals surface area contributed by atoms with Gasteiger partial charge in [-0.3, -0.25) is 0 Å². The molecule has 0 saturated carbocycles. The monoisotopic (exact) mass is 255 g/mol. The van der Waals surface area contributed by atoms with E-state index in [2.05, 4.69) is 60.3 Å². The van der Waals surface area contributed by atoms with Gasteiger partial charge in [0.25, 0.3) is 0 Å². The smallest absolute Gasteiger partial charge is 0.161 e. The van der Waals surface area contributed by atoms with Crippen molar-refractivity contribution >= 4 is 5.82 Å². The molecule has 1 aromatic carbocycles. The predicted molar refractivity (Wildman–Crippen MR) is 80.4 cm³/mol. The Kier molecular flexibility index (Phi) is 4.50. The van der Waals surface area contributed by atoms with Gasteiger partial charge in [0.05, 0.1) is 0 Å². The standard InChI is InChI=1S/C16H21N3/c1-4-12-7-9-13(10-8-12)16-18-14(5-2)11-15(19-16)17-6-3/h7-11H,4-6H2,1-3H3,(H,17,18,19). The minimum Gasteiger partial charge on any atom is -0.370 e. The molecule has 0 radical (unpaired) electrons. The largest absolute Gasteiger partial charge is 0.370 e. The van der Waals surface area contributed by atoms with E-state index in [4.69, 9.17) is 0 Å². The molecule has 3 nitrogen and oxygen atoms in total. The molecule has 0 bridgehead atoms. The zero-order valence-corrected chi connectivity index (χ0v) is 11.9. The van der Waals surface area contributed by atoms with E-state index in [0.29, 0.717) is 0 Å². The normalized spacial score (nSPS) is 10.5. The second-order valence-electron chi connectivity index (χ2n) is 4.50. The summed E-state index contributed by atoms with van der Waals surface area (Å²) in [5, 5.41) is 3.26. The predicted octanol–water partition coefficient (Wildman–Crippen LogP) is 3.70. The maximum absolute atomic E-state index is 4.61. The molecule has 0 aliphatic rings. The molecule has 19 heavy (non-hydrogen) atoms. The van der Waals surface area contributed by atoms with Gasteiger partial charge < -0.3 is 5.32 Å². The molecular formula is C16H21N3. The van der Waals surface area contributed by atoms with Gasteiger partial charge in [-0.15, -0.1) is 0 Å². The summed E-state index contributed by atoms with van der Waals surface area (Å²) in [4.78, 5) is 9.18. The maximum Gasteiger partial charge on any atom is 0.161 e. The Labute approximate surface area is 115 Å². The molecule has 1 aromatic heterocycles. The molecule has 2 aromatic rings. The van der Waals surface area contributed by atoms with Crippen LogP contribution >= 0.6 is 0 Å². The highest BCUT2D eigenvalue weighted by molar-refractivity contribution is 5.58. The molecule has 0 spiro atoms. The van der Waals surface area contributed by atoms with Crippen LogP contribution in [0.15, 0.2) is 30.3 Å². The van der Waals surface area contributed by atoms with Crippen molar-refractivity contribution in [1.82, 2.24) is 9.97 Å². The van der Waals surface area contributed by atoms with Gasteiger partial charge in [0, 0.05) is 23.9 Å². The summed E-state index contributed by atoms with van der Waals surface area (Å²) in [5.41, 5.74) is 3.48. The van der Waals surface area contributed by atoms with Gasteiger partial charge in [-0.25, -0.2) is 9.97 Å². The van der Waals surface area contributed by atoms with Crippen LogP contribution in [0.2, 0.25) is 0 Å². The number of anilines is 1. The summed E-state index contributed by atoms with van der Waals surface area (Å²) in [5.74, 6) is 1.71. The third-order valence-corrected chi connectivity index (χ3v) is 3.12. The Bertz CT molecular complexity index is 532. The number of nitrogens with zero attached hydrogens (tertiary/aromatic N) is 2. The molecule has 0 fully saturated rings. The zero-order valence-electron chi connectivity index (χ0n) is 11.9. The molecule has 1 heterocycles. The third-order valence-electron chi connectivity index (χ3n) is 3.12. The van der Waals surface area contributed by atoms with Crippen molar-refractivity contribution in [1.29, 1.82) is 0 Å². The highest BCUT2D eigenvalue weighted by atomic mass is 15.0. The van der Waals surface area contributed by atoms with E-state index in [0.717, 1.165) is 42.3 Å². The van der Waals surface area contributed by atoms with Crippen molar-refractivity contribution in [2.24, 2.45) is 0 Å². The lowest BCUT2D eigenvalue weighted by Crippen LogP contribution is -2.03.